The molecule has 3 rings (SSSR count). The molecule has 3 heteroatoms. The summed E-state index contributed by atoms with van der Waals surface area (Å²) in [5.41, 5.74) is 2.95. The van der Waals surface area contributed by atoms with Crippen LogP contribution in [0.1, 0.15) is 42.6 Å². The molecule has 0 bridgehead atoms. The maximum atomic E-state index is 10.4. The van der Waals surface area contributed by atoms with Crippen molar-refractivity contribution in [3.63, 3.8) is 0 Å². The molecule has 0 amide bonds. The van der Waals surface area contributed by atoms with Crippen LogP contribution in [0.25, 0.3) is 0 Å². The van der Waals surface area contributed by atoms with Crippen LogP contribution in [0.2, 0.25) is 0 Å². The van der Waals surface area contributed by atoms with Gasteiger partial charge in [0.05, 0.1) is 18.8 Å². The van der Waals surface area contributed by atoms with E-state index in [1.54, 1.807) is 0 Å². The van der Waals surface area contributed by atoms with Crippen LogP contribution < -0.4 is 0 Å². The number of hydrogen-bond acceptors (Lipinski definition) is 3. The molecule has 0 spiro atoms. The third-order valence-corrected chi connectivity index (χ3v) is 3.89. The Balaban J connectivity index is 1.88. The SMILES string of the molecule is CC1(C(O)c2ccc3c(c2)COC3)CCCO1. The summed E-state index contributed by atoms with van der Waals surface area (Å²) in [6.45, 7) is 4.10. The highest BCUT2D eigenvalue weighted by Crippen LogP contribution is 2.38. The summed E-state index contributed by atoms with van der Waals surface area (Å²) in [5, 5.41) is 10.4. The molecule has 1 fully saturated rings. The maximum Gasteiger partial charge on any atom is 0.108 e. The van der Waals surface area contributed by atoms with Crippen LogP contribution in [0, 0.1) is 0 Å². The van der Waals surface area contributed by atoms with E-state index < -0.39 is 11.7 Å². The first-order chi connectivity index (χ1) is 8.19. The summed E-state index contributed by atoms with van der Waals surface area (Å²) in [4.78, 5) is 0. The van der Waals surface area contributed by atoms with Gasteiger partial charge in [-0.1, -0.05) is 18.2 Å². The van der Waals surface area contributed by atoms with Crippen molar-refractivity contribution in [1.29, 1.82) is 0 Å². The molecule has 17 heavy (non-hydrogen) atoms. The number of hydrogen-bond donors (Lipinski definition) is 1. The molecule has 92 valence electrons. The quantitative estimate of drug-likeness (QED) is 0.853. The Bertz CT molecular complexity index is 421. The van der Waals surface area contributed by atoms with Crippen LogP contribution >= 0.6 is 0 Å². The van der Waals surface area contributed by atoms with Crippen molar-refractivity contribution in [1.82, 2.24) is 0 Å². The summed E-state index contributed by atoms with van der Waals surface area (Å²) in [7, 11) is 0. The van der Waals surface area contributed by atoms with Crippen molar-refractivity contribution in [2.24, 2.45) is 0 Å². The molecule has 0 aliphatic carbocycles. The van der Waals surface area contributed by atoms with E-state index >= 15 is 0 Å². The van der Waals surface area contributed by atoms with Gasteiger partial charge in [-0.3, -0.25) is 0 Å². The van der Waals surface area contributed by atoms with Gasteiger partial charge in [-0.2, -0.15) is 0 Å². The fourth-order valence-electron chi connectivity index (χ4n) is 2.73. The van der Waals surface area contributed by atoms with Gasteiger partial charge in [-0.05, 0) is 36.5 Å². The van der Waals surface area contributed by atoms with E-state index in [1.807, 2.05) is 13.0 Å². The molecule has 2 unspecified atom stereocenters. The van der Waals surface area contributed by atoms with Gasteiger partial charge in [0.15, 0.2) is 0 Å². The second-order valence-corrected chi connectivity index (χ2v) is 5.19. The van der Waals surface area contributed by atoms with Crippen molar-refractivity contribution in [2.45, 2.75) is 44.7 Å². The van der Waals surface area contributed by atoms with Gasteiger partial charge < -0.3 is 14.6 Å². The Morgan fingerprint density at radius 2 is 2.12 bits per heavy atom. The number of fused-ring (bicyclic) bond motifs is 1. The van der Waals surface area contributed by atoms with Crippen molar-refractivity contribution < 1.29 is 14.6 Å². The van der Waals surface area contributed by atoms with Crippen molar-refractivity contribution in [3.8, 4) is 0 Å². The van der Waals surface area contributed by atoms with Crippen LogP contribution in [0.3, 0.4) is 0 Å². The Kier molecular flexibility index (Phi) is 2.69. The predicted octanol–water partition coefficient (Wildman–Crippen LogP) is 2.32. The van der Waals surface area contributed by atoms with E-state index in [2.05, 4.69) is 12.1 Å². The highest BCUT2D eigenvalue weighted by molar-refractivity contribution is 5.35. The lowest BCUT2D eigenvalue weighted by Gasteiger charge is -2.29. The normalized spacial score (nSPS) is 29.3. The van der Waals surface area contributed by atoms with Gasteiger partial charge in [0.1, 0.15) is 6.10 Å². The number of aliphatic hydroxyl groups excluding tert-OH is 1. The van der Waals surface area contributed by atoms with E-state index in [4.69, 9.17) is 9.47 Å². The maximum absolute atomic E-state index is 10.4. The van der Waals surface area contributed by atoms with E-state index in [1.165, 1.54) is 11.1 Å². The van der Waals surface area contributed by atoms with Crippen LogP contribution in [-0.4, -0.2) is 17.3 Å². The molecular weight excluding hydrogens is 216 g/mol. The van der Waals surface area contributed by atoms with Gasteiger partial charge in [0, 0.05) is 6.61 Å². The zero-order valence-electron chi connectivity index (χ0n) is 10.1. The lowest BCUT2D eigenvalue weighted by molar-refractivity contribution is -0.0796. The average molecular weight is 234 g/mol. The van der Waals surface area contributed by atoms with Crippen LogP contribution in [0.4, 0.5) is 0 Å². The predicted molar refractivity (Wildman–Crippen MR) is 63.5 cm³/mol. The molecule has 2 aliphatic rings. The zero-order chi connectivity index (χ0) is 11.9. The van der Waals surface area contributed by atoms with Crippen molar-refractivity contribution >= 4 is 0 Å². The summed E-state index contributed by atoms with van der Waals surface area (Å²) < 4.78 is 11.1. The first-order valence-corrected chi connectivity index (χ1v) is 6.20. The van der Waals surface area contributed by atoms with E-state index in [-0.39, 0.29) is 0 Å². The standard InChI is InChI=1S/C14H18O3/c1-14(5-2-6-17-14)13(15)10-3-4-11-8-16-9-12(11)7-10/h3-4,7,13,15H,2,5-6,8-9H2,1H3. The minimum Gasteiger partial charge on any atom is -0.385 e. The topological polar surface area (TPSA) is 38.7 Å². The molecule has 0 radical (unpaired) electrons. The largest absolute Gasteiger partial charge is 0.385 e. The Morgan fingerprint density at radius 3 is 2.88 bits per heavy atom. The fraction of sp³-hybridized carbons (Fsp3) is 0.571. The smallest absolute Gasteiger partial charge is 0.108 e. The molecule has 1 aromatic rings. The Morgan fingerprint density at radius 1 is 1.29 bits per heavy atom. The van der Waals surface area contributed by atoms with Gasteiger partial charge in [0.2, 0.25) is 0 Å². The van der Waals surface area contributed by atoms with Gasteiger partial charge in [0.25, 0.3) is 0 Å². The lowest BCUT2D eigenvalue weighted by Crippen LogP contribution is -2.31. The zero-order valence-corrected chi connectivity index (χ0v) is 10.1. The molecule has 2 heterocycles. The van der Waals surface area contributed by atoms with Gasteiger partial charge in [-0.25, -0.2) is 0 Å². The van der Waals surface area contributed by atoms with Crippen molar-refractivity contribution in [3.05, 3.63) is 34.9 Å². The Hall–Kier alpha value is -0.900. The summed E-state index contributed by atoms with van der Waals surface area (Å²) in [6, 6.07) is 6.10. The molecule has 0 saturated carbocycles. The Labute approximate surface area is 101 Å². The first-order valence-electron chi connectivity index (χ1n) is 6.20. The third-order valence-electron chi connectivity index (χ3n) is 3.89. The van der Waals surface area contributed by atoms with Crippen LogP contribution in [-0.2, 0) is 22.7 Å². The van der Waals surface area contributed by atoms with Crippen molar-refractivity contribution in [2.75, 3.05) is 6.61 Å². The molecule has 2 atom stereocenters. The monoisotopic (exact) mass is 234 g/mol. The summed E-state index contributed by atoms with van der Waals surface area (Å²) in [6.07, 6.45) is 1.40. The number of ether oxygens (including phenoxy) is 2. The summed E-state index contributed by atoms with van der Waals surface area (Å²) in [5.74, 6) is 0. The highest BCUT2D eigenvalue weighted by atomic mass is 16.5. The van der Waals surface area contributed by atoms with Crippen LogP contribution in [0.5, 0.6) is 0 Å². The molecule has 1 N–H and O–H groups in total. The molecule has 2 aliphatic heterocycles. The third kappa shape index (κ3) is 1.88. The van der Waals surface area contributed by atoms with Gasteiger partial charge >= 0.3 is 0 Å². The fourth-order valence-corrected chi connectivity index (χ4v) is 2.73. The van der Waals surface area contributed by atoms with Gasteiger partial charge in [-0.15, -0.1) is 0 Å². The number of rotatable bonds is 2. The second kappa shape index (κ2) is 4.09. The lowest BCUT2D eigenvalue weighted by atomic mass is 9.89. The van der Waals surface area contributed by atoms with E-state index in [9.17, 15) is 5.11 Å². The first kappa shape index (κ1) is 11.2. The number of benzene rings is 1. The molecule has 1 aromatic carbocycles. The molecular formula is C14H18O3. The summed E-state index contributed by atoms with van der Waals surface area (Å²) >= 11 is 0. The molecule has 0 aromatic heterocycles. The highest BCUT2D eigenvalue weighted by Gasteiger charge is 2.38. The second-order valence-electron chi connectivity index (χ2n) is 5.19. The molecule has 3 nitrogen and oxygen atoms in total. The minimum atomic E-state index is -0.545. The van der Waals surface area contributed by atoms with Crippen LogP contribution in [0.15, 0.2) is 18.2 Å². The number of aliphatic hydroxyl groups is 1. The minimum absolute atomic E-state index is 0.423. The van der Waals surface area contributed by atoms with E-state index in [0.717, 1.165) is 25.0 Å². The molecule has 1 saturated heterocycles. The average Bonchev–Trinajstić information content (AvgIpc) is 2.96. The van der Waals surface area contributed by atoms with E-state index in [0.29, 0.717) is 13.2 Å².